The highest BCUT2D eigenvalue weighted by Gasteiger charge is 2.18. The first-order chi connectivity index (χ1) is 14.0. The van der Waals surface area contributed by atoms with E-state index >= 15 is 0 Å². The van der Waals surface area contributed by atoms with Gasteiger partial charge in [-0.05, 0) is 42.4 Å². The number of carbonyl (C=O) groups is 2. The number of thiophene rings is 1. The molecule has 0 aliphatic carbocycles. The number of thiocarbonyl (C=S) groups is 1. The van der Waals surface area contributed by atoms with Crippen LogP contribution in [0.4, 0.5) is 0 Å². The zero-order valence-electron chi connectivity index (χ0n) is 15.5. The van der Waals surface area contributed by atoms with Gasteiger partial charge in [0.25, 0.3) is 5.91 Å². The number of carbonyl (C=O) groups excluding carboxylic acids is 2. The smallest absolute Gasteiger partial charge is 0.269 e. The van der Waals surface area contributed by atoms with Crippen LogP contribution in [0.3, 0.4) is 0 Å². The number of ether oxygens (including phenoxy) is 1. The highest BCUT2D eigenvalue weighted by molar-refractivity contribution is 7.80. The summed E-state index contributed by atoms with van der Waals surface area (Å²) in [5.74, 6) is -0.0126. The molecule has 1 heterocycles. The fourth-order valence-electron chi connectivity index (χ4n) is 2.60. The van der Waals surface area contributed by atoms with E-state index in [9.17, 15) is 9.59 Å². The Bertz CT molecular complexity index is 1050. The monoisotopic (exact) mass is 447 g/mol. The van der Waals surface area contributed by atoms with Gasteiger partial charge in [0.2, 0.25) is 5.91 Å². The number of fused-ring (bicyclic) bond motifs is 1. The third-order valence-corrected chi connectivity index (χ3v) is 5.93. The van der Waals surface area contributed by atoms with Crippen LogP contribution in [0.1, 0.15) is 21.7 Å². The molecule has 0 spiro atoms. The number of hydrogen-bond donors (Lipinski definition) is 3. The fourth-order valence-corrected chi connectivity index (χ4v) is 4.19. The standard InChI is InChI=1S/C20H18ClN3O3S2/c1-27-13-8-9-14-15(11-13)29-18(17(14)21)19(26)22-20(28)24-23-16(25)10-7-12-5-3-2-4-6-12/h2-6,8-9,11H,7,10H2,1H3,(H,23,25)(H2,22,24,26,28). The lowest BCUT2D eigenvalue weighted by Gasteiger charge is -2.10. The molecule has 0 saturated carbocycles. The number of nitrogens with one attached hydrogen (secondary N) is 3. The summed E-state index contributed by atoms with van der Waals surface area (Å²) in [4.78, 5) is 24.8. The topological polar surface area (TPSA) is 79.5 Å². The van der Waals surface area contributed by atoms with Crippen molar-refractivity contribution in [2.75, 3.05) is 7.11 Å². The molecular formula is C20H18ClN3O3S2. The van der Waals surface area contributed by atoms with Crippen molar-refractivity contribution >= 4 is 62.2 Å². The van der Waals surface area contributed by atoms with Crippen LogP contribution >= 0.6 is 35.2 Å². The molecule has 2 amide bonds. The number of amides is 2. The van der Waals surface area contributed by atoms with Crippen LogP contribution in [-0.2, 0) is 11.2 Å². The lowest BCUT2D eigenvalue weighted by Crippen LogP contribution is -2.48. The van der Waals surface area contributed by atoms with Crippen molar-refractivity contribution < 1.29 is 14.3 Å². The average Bonchev–Trinajstić information content (AvgIpc) is 3.07. The van der Waals surface area contributed by atoms with E-state index in [0.717, 1.165) is 15.6 Å². The van der Waals surface area contributed by atoms with Crippen molar-refractivity contribution in [3.05, 3.63) is 64.0 Å². The Hall–Kier alpha value is -2.68. The Morgan fingerprint density at radius 3 is 2.62 bits per heavy atom. The van der Waals surface area contributed by atoms with Crippen LogP contribution in [0, 0.1) is 0 Å². The van der Waals surface area contributed by atoms with Crippen molar-refractivity contribution in [2.45, 2.75) is 12.8 Å². The van der Waals surface area contributed by atoms with Gasteiger partial charge in [-0.25, -0.2) is 0 Å². The molecule has 3 rings (SSSR count). The highest BCUT2D eigenvalue weighted by atomic mass is 35.5. The molecule has 0 radical (unpaired) electrons. The summed E-state index contributed by atoms with van der Waals surface area (Å²) >= 11 is 12.6. The summed E-state index contributed by atoms with van der Waals surface area (Å²) in [6, 6.07) is 15.1. The Morgan fingerprint density at radius 1 is 1.14 bits per heavy atom. The number of rotatable bonds is 5. The van der Waals surface area contributed by atoms with Crippen molar-refractivity contribution in [3.8, 4) is 5.75 Å². The molecule has 0 aliphatic rings. The van der Waals surface area contributed by atoms with E-state index in [4.69, 9.17) is 28.6 Å². The van der Waals surface area contributed by atoms with Crippen LogP contribution < -0.4 is 20.9 Å². The Balaban J connectivity index is 1.52. The normalized spacial score (nSPS) is 10.4. The second-order valence-electron chi connectivity index (χ2n) is 6.05. The first kappa shape index (κ1) is 21.0. The first-order valence-electron chi connectivity index (χ1n) is 8.68. The molecule has 0 aliphatic heterocycles. The second kappa shape index (κ2) is 9.69. The minimum absolute atomic E-state index is 0.0193. The van der Waals surface area contributed by atoms with Crippen molar-refractivity contribution in [3.63, 3.8) is 0 Å². The molecule has 9 heteroatoms. The molecule has 3 aromatic rings. The van der Waals surface area contributed by atoms with Crippen LogP contribution in [0.5, 0.6) is 5.75 Å². The van der Waals surface area contributed by atoms with Gasteiger partial charge in [-0.15, -0.1) is 11.3 Å². The minimum atomic E-state index is -0.453. The van der Waals surface area contributed by atoms with Gasteiger partial charge < -0.3 is 4.74 Å². The van der Waals surface area contributed by atoms with Gasteiger partial charge in [-0.2, -0.15) is 0 Å². The van der Waals surface area contributed by atoms with E-state index in [0.29, 0.717) is 22.1 Å². The third-order valence-electron chi connectivity index (χ3n) is 4.07. The maximum atomic E-state index is 12.5. The molecule has 0 unspecified atom stereocenters. The van der Waals surface area contributed by atoms with Gasteiger partial charge in [0, 0.05) is 16.5 Å². The van der Waals surface area contributed by atoms with Gasteiger partial charge >= 0.3 is 0 Å². The second-order valence-corrected chi connectivity index (χ2v) is 7.89. The molecule has 0 atom stereocenters. The zero-order chi connectivity index (χ0) is 20.8. The van der Waals surface area contributed by atoms with Crippen LogP contribution in [-0.4, -0.2) is 24.0 Å². The molecule has 0 fully saturated rings. The van der Waals surface area contributed by atoms with Gasteiger partial charge in [0.15, 0.2) is 5.11 Å². The van der Waals surface area contributed by atoms with E-state index in [1.54, 1.807) is 19.2 Å². The van der Waals surface area contributed by atoms with Gasteiger partial charge in [0.1, 0.15) is 10.6 Å². The van der Waals surface area contributed by atoms with Crippen LogP contribution in [0.15, 0.2) is 48.5 Å². The third kappa shape index (κ3) is 5.44. The van der Waals surface area contributed by atoms with Crippen molar-refractivity contribution in [1.29, 1.82) is 0 Å². The van der Waals surface area contributed by atoms with E-state index < -0.39 is 5.91 Å². The lowest BCUT2D eigenvalue weighted by molar-refractivity contribution is -0.121. The predicted octanol–water partition coefficient (Wildman–Crippen LogP) is 3.83. The largest absolute Gasteiger partial charge is 0.497 e. The molecule has 0 bridgehead atoms. The van der Waals surface area contributed by atoms with Crippen LogP contribution in [0.2, 0.25) is 5.02 Å². The first-order valence-corrected chi connectivity index (χ1v) is 10.3. The predicted molar refractivity (Wildman–Crippen MR) is 119 cm³/mol. The zero-order valence-corrected chi connectivity index (χ0v) is 17.8. The molecule has 0 saturated heterocycles. The summed E-state index contributed by atoms with van der Waals surface area (Å²) in [6.07, 6.45) is 0.895. The molecule has 29 heavy (non-hydrogen) atoms. The fraction of sp³-hybridized carbons (Fsp3) is 0.150. The quantitative estimate of drug-likeness (QED) is 0.409. The number of aryl methyl sites for hydroxylation is 1. The molecule has 150 valence electrons. The average molecular weight is 448 g/mol. The summed E-state index contributed by atoms with van der Waals surface area (Å²) in [6.45, 7) is 0. The minimum Gasteiger partial charge on any atom is -0.497 e. The summed E-state index contributed by atoms with van der Waals surface area (Å²) in [5, 5.41) is 3.60. The Kier molecular flexibility index (Phi) is 7.03. The molecule has 3 N–H and O–H groups in total. The Morgan fingerprint density at radius 2 is 1.90 bits per heavy atom. The highest BCUT2D eigenvalue weighted by Crippen LogP contribution is 2.37. The van der Waals surface area contributed by atoms with E-state index in [2.05, 4.69) is 16.2 Å². The maximum absolute atomic E-state index is 12.5. The summed E-state index contributed by atoms with van der Waals surface area (Å²) in [5.41, 5.74) is 6.07. The maximum Gasteiger partial charge on any atom is 0.269 e. The molecule has 1 aromatic heterocycles. The summed E-state index contributed by atoms with van der Waals surface area (Å²) in [7, 11) is 1.57. The SMILES string of the molecule is COc1ccc2c(Cl)c(C(=O)NC(=S)NNC(=O)CCc3ccccc3)sc2c1. The van der Waals surface area contributed by atoms with E-state index in [1.807, 2.05) is 36.4 Å². The molecule has 2 aromatic carbocycles. The number of halogens is 1. The van der Waals surface area contributed by atoms with Gasteiger partial charge in [-0.1, -0.05) is 41.9 Å². The van der Waals surface area contributed by atoms with E-state index in [-0.39, 0.29) is 17.4 Å². The van der Waals surface area contributed by atoms with Crippen LogP contribution in [0.25, 0.3) is 10.1 Å². The summed E-state index contributed by atoms with van der Waals surface area (Å²) < 4.78 is 6.02. The molecular weight excluding hydrogens is 430 g/mol. The number of hydrogen-bond acceptors (Lipinski definition) is 5. The van der Waals surface area contributed by atoms with Gasteiger partial charge in [0.05, 0.1) is 12.1 Å². The lowest BCUT2D eigenvalue weighted by atomic mass is 10.1. The van der Waals surface area contributed by atoms with E-state index in [1.165, 1.54) is 11.3 Å². The van der Waals surface area contributed by atoms with Crippen molar-refractivity contribution in [1.82, 2.24) is 16.2 Å². The number of methoxy groups -OCH3 is 1. The van der Waals surface area contributed by atoms with Gasteiger partial charge in [-0.3, -0.25) is 25.8 Å². The molecule has 6 nitrogen and oxygen atoms in total. The van der Waals surface area contributed by atoms with Crippen molar-refractivity contribution in [2.24, 2.45) is 0 Å². The number of benzene rings is 2. The number of hydrazine groups is 1. The Labute approximate surface area is 182 Å².